The summed E-state index contributed by atoms with van der Waals surface area (Å²) in [6.07, 6.45) is 1.47. The molecular weight excluding hydrogens is 282 g/mol. The Morgan fingerprint density at radius 2 is 0.500 bits per heavy atom. The second-order valence-electron chi connectivity index (χ2n) is 0. The molecule has 0 bridgehead atoms. The van der Waals surface area contributed by atoms with Crippen LogP contribution in [0.5, 0.6) is 0 Å². The molecule has 0 radical (unpaired) electrons. The van der Waals surface area contributed by atoms with Crippen LogP contribution in [0.25, 0.3) is 0 Å². The monoisotopic (exact) mass is 290 g/mol. The van der Waals surface area contributed by atoms with Crippen molar-refractivity contribution in [2.75, 3.05) is 6.38 Å². The molecule has 0 aromatic rings. The van der Waals surface area contributed by atoms with Gasteiger partial charge >= 0.3 is 308 Å². The van der Waals surface area contributed by atoms with Gasteiger partial charge in [0.1, 0.15) is 0 Å². The van der Waals surface area contributed by atoms with Crippen molar-refractivity contribution in [3.8, 4) is 0 Å². The van der Waals surface area contributed by atoms with Gasteiger partial charge in [0.15, 0.2) is 0 Å². The average molecular weight is 291 g/mol. The van der Waals surface area contributed by atoms with Gasteiger partial charge < -0.3 is 0 Å². The first-order chi connectivity index (χ1) is 1.00. The van der Waals surface area contributed by atoms with Crippen molar-refractivity contribution in [1.82, 2.24) is 0 Å². The number of hydrogen-bond donors (Lipinski definition) is 0. The fourth-order valence-corrected chi connectivity index (χ4v) is 0. The second-order valence-corrected chi connectivity index (χ2v) is 0. The third-order valence-corrected chi connectivity index (χ3v) is 0. The molecule has 26 valence electrons. The summed E-state index contributed by atoms with van der Waals surface area (Å²) in [6.45, 7) is 0. The van der Waals surface area contributed by atoms with E-state index in [1.165, 1.54) is 6.38 Å². The maximum absolute atomic E-state index is 4.64. The summed E-state index contributed by atoms with van der Waals surface area (Å²) in [5.41, 5.74) is 0. The summed E-state index contributed by atoms with van der Waals surface area (Å²) in [4.78, 5) is 0. The quantitative estimate of drug-likeness (QED) is 0.329. The average Bonchev–Trinajstić information content (AvgIpc) is 1.00. The molecule has 0 aromatic carbocycles. The Hall–Kier alpha value is 10.1. The third-order valence-electron chi connectivity index (χ3n) is 0. The molecule has 0 saturated carbocycles. The number of hydrogen-bond acceptors (Lipinski definition) is 0. The minimum atomic E-state index is 0. The number of alkyl halides is 1. The van der Waals surface area contributed by atoms with Gasteiger partial charge in [0.25, 0.3) is 0 Å². The molecular formula is CH9ClK6. The van der Waals surface area contributed by atoms with Crippen LogP contribution in [0, 0.1) is 0 Å². The van der Waals surface area contributed by atoms with Gasteiger partial charge in [0.2, 0.25) is 0 Å². The van der Waals surface area contributed by atoms with Crippen molar-refractivity contribution in [3.05, 3.63) is 0 Å². The Labute approximate surface area is 313 Å². The molecule has 0 spiro atoms. The normalized spacial score (nSPS) is 0.750. The zero-order valence-corrected chi connectivity index (χ0v) is 2.13. The fourth-order valence-electron chi connectivity index (χ4n) is 0. The van der Waals surface area contributed by atoms with E-state index in [0.29, 0.717) is 0 Å². The van der Waals surface area contributed by atoms with E-state index in [9.17, 15) is 0 Å². The van der Waals surface area contributed by atoms with Gasteiger partial charge in [0, 0.05) is 6.38 Å². The molecule has 0 unspecified atom stereocenters. The molecule has 7 heteroatoms. The van der Waals surface area contributed by atoms with Gasteiger partial charge in [-0.2, -0.15) is 0 Å². The van der Waals surface area contributed by atoms with Crippen LogP contribution in [-0.2, 0) is 0 Å². The molecule has 0 amide bonds. The zero-order valence-electron chi connectivity index (χ0n) is 1.38. The van der Waals surface area contributed by atoms with Gasteiger partial charge in [-0.1, -0.05) is 0 Å². The Bertz CT molecular complexity index is 8.49. The van der Waals surface area contributed by atoms with E-state index < -0.39 is 0 Å². The third kappa shape index (κ3) is 36.0. The Balaban J connectivity index is -0.000000000333. The van der Waals surface area contributed by atoms with Crippen LogP contribution in [-0.4, -0.2) is 315 Å². The molecule has 0 atom stereocenters. The van der Waals surface area contributed by atoms with E-state index in [-0.39, 0.29) is 308 Å². The molecule has 8 heavy (non-hydrogen) atoms. The van der Waals surface area contributed by atoms with Crippen molar-refractivity contribution >= 4 is 320 Å². The Morgan fingerprint density at radius 1 is 0.500 bits per heavy atom. The van der Waals surface area contributed by atoms with E-state index in [1.807, 2.05) is 0 Å². The van der Waals surface area contributed by atoms with Crippen molar-refractivity contribution in [3.63, 3.8) is 0 Å². The van der Waals surface area contributed by atoms with E-state index in [0.717, 1.165) is 0 Å². The van der Waals surface area contributed by atoms with E-state index in [1.54, 1.807) is 0 Å². The molecule has 0 aromatic heterocycles. The zero-order chi connectivity index (χ0) is 2.00. The summed E-state index contributed by atoms with van der Waals surface area (Å²) in [5, 5.41) is 0. The summed E-state index contributed by atoms with van der Waals surface area (Å²) >= 11 is 4.64. The summed E-state index contributed by atoms with van der Waals surface area (Å²) in [5.74, 6) is 0. The second kappa shape index (κ2) is 43.4. The van der Waals surface area contributed by atoms with Gasteiger partial charge in [-0.15, -0.1) is 11.6 Å². The van der Waals surface area contributed by atoms with E-state index >= 15 is 0 Å². The van der Waals surface area contributed by atoms with Crippen LogP contribution in [0.2, 0.25) is 0 Å². The Morgan fingerprint density at radius 3 is 0.500 bits per heavy atom. The summed E-state index contributed by atoms with van der Waals surface area (Å²) in [7, 11) is 0. The predicted molar refractivity (Wildman–Crippen MR) is 54.7 cm³/mol. The predicted octanol–water partition coefficient (Wildman–Crippen LogP) is -3.04. The topological polar surface area (TPSA) is 0 Å². The van der Waals surface area contributed by atoms with Crippen LogP contribution in [0.4, 0.5) is 0 Å². The molecule has 0 saturated heterocycles. The Kier molecular flexibility index (Phi) is 233. The van der Waals surface area contributed by atoms with Crippen LogP contribution in [0.15, 0.2) is 0 Å². The van der Waals surface area contributed by atoms with Crippen molar-refractivity contribution < 1.29 is 0 Å². The number of halogens is 1. The van der Waals surface area contributed by atoms with Crippen molar-refractivity contribution in [1.29, 1.82) is 0 Å². The molecule has 0 nitrogen and oxygen atoms in total. The maximum atomic E-state index is 4.64. The first-order valence-corrected chi connectivity index (χ1v) is 1.13. The fraction of sp³-hybridized carbons (Fsp3) is 1.00. The molecule has 0 fully saturated rings. The molecule has 0 aliphatic rings. The number of rotatable bonds is 0. The minimum absolute atomic E-state index is 0. The molecule has 0 aliphatic heterocycles. The van der Waals surface area contributed by atoms with E-state index in [2.05, 4.69) is 11.6 Å². The van der Waals surface area contributed by atoms with Crippen molar-refractivity contribution in [2.24, 2.45) is 0 Å². The van der Waals surface area contributed by atoms with Crippen LogP contribution >= 0.6 is 11.6 Å². The molecule has 0 rings (SSSR count). The van der Waals surface area contributed by atoms with Crippen LogP contribution in [0.3, 0.4) is 0 Å². The van der Waals surface area contributed by atoms with Crippen LogP contribution < -0.4 is 0 Å². The van der Waals surface area contributed by atoms with Crippen molar-refractivity contribution in [2.45, 2.75) is 0 Å². The van der Waals surface area contributed by atoms with Gasteiger partial charge in [-0.25, -0.2) is 0 Å². The van der Waals surface area contributed by atoms with Crippen LogP contribution in [0.1, 0.15) is 0 Å². The molecule has 0 N–H and O–H groups in total. The summed E-state index contributed by atoms with van der Waals surface area (Å²) < 4.78 is 0. The van der Waals surface area contributed by atoms with Gasteiger partial charge in [-0.3, -0.25) is 0 Å². The first kappa shape index (κ1) is 43.0. The first-order valence-electron chi connectivity index (χ1n) is 0.378. The molecule has 0 aliphatic carbocycles. The summed E-state index contributed by atoms with van der Waals surface area (Å²) in [6, 6.07) is 0. The van der Waals surface area contributed by atoms with E-state index in [4.69, 9.17) is 0 Å². The van der Waals surface area contributed by atoms with Gasteiger partial charge in [0.05, 0.1) is 0 Å². The SMILES string of the molecule is CCl.[KH].[KH].[KH].[KH].[KH].[KH]. The van der Waals surface area contributed by atoms with Gasteiger partial charge in [-0.05, 0) is 0 Å². The standard InChI is InChI=1S/CH3Cl.6K.6H/c1-2;;;;;;;;;;;;/h1H3;;;;;;;;;;;;. The molecule has 0 heterocycles.